The Morgan fingerprint density at radius 3 is 2.64 bits per heavy atom. The van der Waals surface area contributed by atoms with Gasteiger partial charge < -0.3 is 24.3 Å². The zero-order valence-corrected chi connectivity index (χ0v) is 17.2. The van der Waals surface area contributed by atoms with Crippen LogP contribution in [0.1, 0.15) is 16.1 Å². The Morgan fingerprint density at radius 1 is 1.25 bits per heavy atom. The molecule has 2 aromatic rings. The van der Waals surface area contributed by atoms with E-state index in [4.69, 9.17) is 9.15 Å². The van der Waals surface area contributed by atoms with Crippen molar-refractivity contribution < 1.29 is 18.7 Å². The zero-order chi connectivity index (χ0) is 20.1. The third-order valence-corrected chi connectivity index (χ3v) is 4.89. The van der Waals surface area contributed by atoms with Crippen molar-refractivity contribution in [3.63, 3.8) is 0 Å². The molecule has 1 aliphatic rings. The van der Waals surface area contributed by atoms with E-state index in [0.717, 1.165) is 11.3 Å². The van der Waals surface area contributed by atoms with Crippen molar-refractivity contribution in [3.8, 4) is 0 Å². The molecule has 0 unspecified atom stereocenters. The topological polar surface area (TPSA) is 75.0 Å². The number of halogens is 1. The van der Waals surface area contributed by atoms with Crippen LogP contribution in [0.5, 0.6) is 0 Å². The van der Waals surface area contributed by atoms with Gasteiger partial charge in [0.1, 0.15) is 6.61 Å². The number of nitrogens with zero attached hydrogens (tertiary/aromatic N) is 2. The monoisotopic (exact) mass is 447 g/mol. The molecule has 1 aliphatic heterocycles. The van der Waals surface area contributed by atoms with E-state index in [2.05, 4.69) is 32.7 Å². The fourth-order valence-corrected chi connectivity index (χ4v) is 3.44. The van der Waals surface area contributed by atoms with E-state index in [1.165, 1.54) is 0 Å². The number of rotatable bonds is 5. The van der Waals surface area contributed by atoms with Gasteiger partial charge in [-0.25, -0.2) is 4.79 Å². The second kappa shape index (κ2) is 8.97. The number of piperazine rings is 1. The number of carbonyl (C=O) groups is 2. The first-order valence-corrected chi connectivity index (χ1v) is 9.72. The fraction of sp³-hybridized carbons (Fsp3) is 0.300. The molecule has 1 saturated heterocycles. The number of anilines is 2. The molecule has 0 atom stereocenters. The summed E-state index contributed by atoms with van der Waals surface area (Å²) in [5.41, 5.74) is 2.70. The molecule has 0 aliphatic carbocycles. The molecule has 1 N–H and O–H groups in total. The summed E-state index contributed by atoms with van der Waals surface area (Å²) < 4.78 is 10.9. The van der Waals surface area contributed by atoms with Gasteiger partial charge in [0, 0.05) is 26.2 Å². The van der Waals surface area contributed by atoms with Crippen LogP contribution in [0, 0.1) is 6.92 Å². The van der Waals surface area contributed by atoms with Crippen LogP contribution in [0.3, 0.4) is 0 Å². The number of carbonyl (C=O) groups excluding carboxylic acids is 2. The molecule has 0 saturated carbocycles. The van der Waals surface area contributed by atoms with Crippen molar-refractivity contribution in [1.82, 2.24) is 4.90 Å². The van der Waals surface area contributed by atoms with Crippen LogP contribution < -0.4 is 10.2 Å². The third kappa shape index (κ3) is 4.56. The van der Waals surface area contributed by atoms with Crippen LogP contribution in [-0.4, -0.2) is 49.7 Å². The molecule has 7 nitrogen and oxygen atoms in total. The number of aryl methyl sites for hydroxylation is 1. The number of amides is 2. The van der Waals surface area contributed by atoms with Crippen molar-refractivity contribution >= 4 is 39.3 Å². The van der Waals surface area contributed by atoms with Gasteiger partial charge in [-0.1, -0.05) is 24.8 Å². The summed E-state index contributed by atoms with van der Waals surface area (Å²) in [7, 11) is 0. The van der Waals surface area contributed by atoms with Gasteiger partial charge in [0.05, 0.1) is 11.4 Å². The van der Waals surface area contributed by atoms with Crippen molar-refractivity contribution in [3.05, 3.63) is 59.0 Å². The number of nitrogens with one attached hydrogen (secondary N) is 1. The summed E-state index contributed by atoms with van der Waals surface area (Å²) in [5.74, 6) is -0.0849. The summed E-state index contributed by atoms with van der Waals surface area (Å²) in [5, 5.41) is 2.93. The first kappa shape index (κ1) is 20.0. The van der Waals surface area contributed by atoms with E-state index in [1.54, 1.807) is 23.1 Å². The first-order valence-electron chi connectivity index (χ1n) is 8.93. The highest BCUT2D eigenvalue weighted by Crippen LogP contribution is 2.31. The zero-order valence-electron chi connectivity index (χ0n) is 15.6. The molecule has 1 aromatic heterocycles. The standard InChI is InChI=1S/C20H22BrN3O4/c1-3-13-27-20(26)24-11-9-23(10-12-24)18-14(2)5-4-6-15(18)22-19(25)16-7-8-17(21)28-16/h3-8H,1,9-13H2,2H3,(H,22,25). The predicted molar refractivity (Wildman–Crippen MR) is 111 cm³/mol. The Kier molecular flexibility index (Phi) is 6.41. The molecule has 0 spiro atoms. The molecule has 1 aromatic carbocycles. The highest BCUT2D eigenvalue weighted by Gasteiger charge is 2.25. The van der Waals surface area contributed by atoms with Gasteiger partial charge in [0.2, 0.25) is 0 Å². The van der Waals surface area contributed by atoms with Crippen LogP contribution in [0.2, 0.25) is 0 Å². The summed E-state index contributed by atoms with van der Waals surface area (Å²) in [6, 6.07) is 9.05. The van der Waals surface area contributed by atoms with Gasteiger partial charge in [0.25, 0.3) is 5.91 Å². The predicted octanol–water partition coefficient (Wildman–Crippen LogP) is 4.05. The summed E-state index contributed by atoms with van der Waals surface area (Å²) in [6.07, 6.45) is 1.22. The van der Waals surface area contributed by atoms with Crippen molar-refractivity contribution in [2.75, 3.05) is 43.0 Å². The number of benzene rings is 1. The van der Waals surface area contributed by atoms with Crippen molar-refractivity contribution in [2.24, 2.45) is 0 Å². The number of hydrogen-bond acceptors (Lipinski definition) is 5. The summed E-state index contributed by atoms with van der Waals surface area (Å²) in [4.78, 5) is 28.3. The minimum atomic E-state index is -0.332. The van der Waals surface area contributed by atoms with Gasteiger partial charge >= 0.3 is 6.09 Å². The number of furan rings is 1. The maximum Gasteiger partial charge on any atom is 0.410 e. The van der Waals surface area contributed by atoms with Gasteiger partial charge in [-0.15, -0.1) is 0 Å². The lowest BCUT2D eigenvalue weighted by molar-refractivity contribution is 0.0995. The molecule has 2 heterocycles. The largest absolute Gasteiger partial charge is 0.445 e. The van der Waals surface area contributed by atoms with Crippen molar-refractivity contribution in [1.29, 1.82) is 0 Å². The van der Waals surface area contributed by atoms with Crippen LogP contribution in [0.15, 0.2) is 52.1 Å². The molecular formula is C20H22BrN3O4. The summed E-state index contributed by atoms with van der Waals surface area (Å²) in [6.45, 7) is 8.12. The van der Waals surface area contributed by atoms with E-state index in [-0.39, 0.29) is 24.4 Å². The van der Waals surface area contributed by atoms with Crippen LogP contribution in [0.25, 0.3) is 0 Å². The molecule has 3 rings (SSSR count). The lowest BCUT2D eigenvalue weighted by Gasteiger charge is -2.37. The second-order valence-corrected chi connectivity index (χ2v) is 7.15. The lowest BCUT2D eigenvalue weighted by atomic mass is 10.1. The molecule has 148 valence electrons. The summed E-state index contributed by atoms with van der Waals surface area (Å²) >= 11 is 3.20. The third-order valence-electron chi connectivity index (χ3n) is 4.46. The number of hydrogen-bond donors (Lipinski definition) is 1. The molecule has 2 amide bonds. The fourth-order valence-electron chi connectivity index (χ4n) is 3.13. The van der Waals surface area contributed by atoms with Crippen molar-refractivity contribution in [2.45, 2.75) is 6.92 Å². The quantitative estimate of drug-likeness (QED) is 0.699. The number of para-hydroxylation sites is 1. The molecular weight excluding hydrogens is 426 g/mol. The minimum Gasteiger partial charge on any atom is -0.445 e. The SMILES string of the molecule is C=CCOC(=O)N1CCN(c2c(C)cccc2NC(=O)c2ccc(Br)o2)CC1. The Labute approximate surface area is 172 Å². The maximum atomic E-state index is 12.5. The van der Waals surface area contributed by atoms with Gasteiger partial charge in [0.15, 0.2) is 10.4 Å². The second-order valence-electron chi connectivity index (χ2n) is 6.37. The Balaban J connectivity index is 1.71. The molecule has 28 heavy (non-hydrogen) atoms. The van der Waals surface area contributed by atoms with E-state index in [1.807, 2.05) is 25.1 Å². The van der Waals surface area contributed by atoms with Gasteiger partial charge in [-0.3, -0.25) is 4.79 Å². The first-order chi connectivity index (χ1) is 13.5. The van der Waals surface area contributed by atoms with E-state index < -0.39 is 0 Å². The average molecular weight is 448 g/mol. The van der Waals surface area contributed by atoms with E-state index in [0.29, 0.717) is 36.5 Å². The van der Waals surface area contributed by atoms with Crippen LogP contribution in [-0.2, 0) is 4.74 Å². The normalized spacial score (nSPS) is 13.9. The van der Waals surface area contributed by atoms with Gasteiger partial charge in [-0.05, 0) is 46.6 Å². The van der Waals surface area contributed by atoms with Crippen LogP contribution >= 0.6 is 15.9 Å². The van der Waals surface area contributed by atoms with Crippen LogP contribution in [0.4, 0.5) is 16.2 Å². The number of ether oxygens (including phenoxy) is 1. The van der Waals surface area contributed by atoms with E-state index in [9.17, 15) is 9.59 Å². The lowest BCUT2D eigenvalue weighted by Crippen LogP contribution is -2.49. The Bertz CT molecular complexity index is 872. The minimum absolute atomic E-state index is 0.204. The Hall–Kier alpha value is -2.74. The average Bonchev–Trinajstić information content (AvgIpc) is 3.13. The van der Waals surface area contributed by atoms with Gasteiger partial charge in [-0.2, -0.15) is 0 Å². The smallest absolute Gasteiger partial charge is 0.410 e. The molecule has 0 bridgehead atoms. The maximum absolute atomic E-state index is 12.5. The molecule has 8 heteroatoms. The highest BCUT2D eigenvalue weighted by atomic mass is 79.9. The molecule has 1 fully saturated rings. The molecule has 0 radical (unpaired) electrons. The Morgan fingerprint density at radius 2 is 2.00 bits per heavy atom. The van der Waals surface area contributed by atoms with E-state index >= 15 is 0 Å². The highest BCUT2D eigenvalue weighted by molar-refractivity contribution is 9.10.